The van der Waals surface area contributed by atoms with Crippen LogP contribution in [0.2, 0.25) is 0 Å². The van der Waals surface area contributed by atoms with Crippen molar-refractivity contribution in [2.24, 2.45) is 0 Å². The average molecular weight is 355 g/mol. The zero-order valence-electron chi connectivity index (χ0n) is 13.8. The van der Waals surface area contributed by atoms with Crippen LogP contribution in [0.1, 0.15) is 24.4 Å². The molecule has 2 aromatic carbocycles. The number of fused-ring (bicyclic) bond motifs is 3. The number of nitrogens with zero attached hydrogens (tertiary/aromatic N) is 1. The first-order valence-electron chi connectivity index (χ1n) is 8.11. The Morgan fingerprint density at radius 2 is 2.04 bits per heavy atom. The van der Waals surface area contributed by atoms with Crippen LogP contribution in [0, 0.1) is 11.6 Å². The van der Waals surface area contributed by atoms with Crippen LogP contribution < -0.4 is 10.9 Å². The molecule has 2 N–H and O–H groups in total. The fourth-order valence-electron chi connectivity index (χ4n) is 2.94. The van der Waals surface area contributed by atoms with Crippen LogP contribution in [0.25, 0.3) is 22.1 Å². The van der Waals surface area contributed by atoms with E-state index < -0.39 is 17.7 Å². The Morgan fingerprint density at radius 3 is 2.85 bits per heavy atom. The summed E-state index contributed by atoms with van der Waals surface area (Å²) >= 11 is 0. The van der Waals surface area contributed by atoms with Crippen LogP contribution in [0.15, 0.2) is 51.7 Å². The van der Waals surface area contributed by atoms with Crippen molar-refractivity contribution in [1.29, 1.82) is 0 Å². The summed E-state index contributed by atoms with van der Waals surface area (Å²) in [5, 5.41) is 3.84. The summed E-state index contributed by atoms with van der Waals surface area (Å²) in [6.07, 6.45) is 0. The minimum atomic E-state index is -0.623. The maximum absolute atomic E-state index is 13.9. The summed E-state index contributed by atoms with van der Waals surface area (Å²) in [7, 11) is 0. The number of furan rings is 1. The van der Waals surface area contributed by atoms with Gasteiger partial charge in [0, 0.05) is 23.1 Å². The van der Waals surface area contributed by atoms with Crippen LogP contribution >= 0.6 is 0 Å². The third kappa shape index (κ3) is 2.86. The number of aromatic amines is 1. The molecule has 0 saturated heterocycles. The van der Waals surface area contributed by atoms with Gasteiger partial charge in [-0.3, -0.25) is 4.79 Å². The topological polar surface area (TPSA) is 70.9 Å². The van der Waals surface area contributed by atoms with E-state index in [4.69, 9.17) is 4.42 Å². The van der Waals surface area contributed by atoms with Crippen LogP contribution in [-0.4, -0.2) is 9.97 Å². The third-order valence-electron chi connectivity index (χ3n) is 4.28. The van der Waals surface area contributed by atoms with Crippen molar-refractivity contribution in [3.8, 4) is 0 Å². The van der Waals surface area contributed by atoms with Crippen molar-refractivity contribution in [2.45, 2.75) is 19.5 Å². The maximum atomic E-state index is 13.9. The molecular formula is C19H15F2N3O2. The lowest BCUT2D eigenvalue weighted by molar-refractivity contribution is 0.511. The van der Waals surface area contributed by atoms with Gasteiger partial charge in [0.1, 0.15) is 28.6 Å². The first-order chi connectivity index (χ1) is 12.5. The van der Waals surface area contributed by atoms with Crippen molar-refractivity contribution in [2.75, 3.05) is 0 Å². The Bertz CT molecular complexity index is 1170. The first-order valence-corrected chi connectivity index (χ1v) is 8.11. The quantitative estimate of drug-likeness (QED) is 0.584. The summed E-state index contributed by atoms with van der Waals surface area (Å²) < 4.78 is 32.4. The van der Waals surface area contributed by atoms with Gasteiger partial charge < -0.3 is 14.7 Å². The van der Waals surface area contributed by atoms with Gasteiger partial charge in [-0.25, -0.2) is 13.8 Å². The first kappa shape index (κ1) is 16.4. The van der Waals surface area contributed by atoms with E-state index in [1.165, 1.54) is 12.1 Å². The number of hydrogen-bond donors (Lipinski definition) is 2. The van der Waals surface area contributed by atoms with Gasteiger partial charge in [-0.15, -0.1) is 0 Å². The molecule has 0 aliphatic rings. The average Bonchev–Trinajstić information content (AvgIpc) is 2.99. The predicted molar refractivity (Wildman–Crippen MR) is 93.7 cm³/mol. The van der Waals surface area contributed by atoms with E-state index in [1.807, 2.05) is 18.2 Å². The molecule has 0 radical (unpaired) electrons. The van der Waals surface area contributed by atoms with E-state index in [0.29, 0.717) is 22.5 Å². The summed E-state index contributed by atoms with van der Waals surface area (Å²) in [5.41, 5.74) is 1.22. The second kappa shape index (κ2) is 6.34. The van der Waals surface area contributed by atoms with Crippen molar-refractivity contribution >= 4 is 22.1 Å². The molecule has 0 bridgehead atoms. The minimum absolute atomic E-state index is 0.174. The Labute approximate surface area is 146 Å². The molecule has 132 valence electrons. The monoisotopic (exact) mass is 355 g/mol. The number of H-pyrrole nitrogens is 1. The van der Waals surface area contributed by atoms with E-state index in [9.17, 15) is 13.6 Å². The summed E-state index contributed by atoms with van der Waals surface area (Å²) in [6.45, 7) is 1.96. The molecule has 0 spiro atoms. The SMILES string of the molecule is C[C@H](NCc1nc2c(oc3ccccc32)c(=O)[nH]1)c1ccc(F)cc1F. The molecule has 26 heavy (non-hydrogen) atoms. The molecule has 0 fully saturated rings. The summed E-state index contributed by atoms with van der Waals surface area (Å²) in [6, 6.07) is 10.3. The zero-order chi connectivity index (χ0) is 18.3. The number of nitrogens with one attached hydrogen (secondary N) is 2. The molecule has 5 nitrogen and oxygen atoms in total. The highest BCUT2D eigenvalue weighted by Crippen LogP contribution is 2.24. The summed E-state index contributed by atoms with van der Waals surface area (Å²) in [5.74, 6) is -0.840. The van der Waals surface area contributed by atoms with Gasteiger partial charge >= 0.3 is 0 Å². The molecule has 4 aromatic rings. The van der Waals surface area contributed by atoms with Crippen LogP contribution in [0.3, 0.4) is 0 Å². The lowest BCUT2D eigenvalue weighted by Crippen LogP contribution is -2.22. The van der Waals surface area contributed by atoms with E-state index >= 15 is 0 Å². The largest absolute Gasteiger partial charge is 0.449 e. The fraction of sp³-hybridized carbons (Fsp3) is 0.158. The molecule has 4 rings (SSSR count). The highest BCUT2D eigenvalue weighted by Gasteiger charge is 2.15. The minimum Gasteiger partial charge on any atom is -0.449 e. The van der Waals surface area contributed by atoms with Gasteiger partial charge in [-0.05, 0) is 25.1 Å². The van der Waals surface area contributed by atoms with Crippen LogP contribution in [-0.2, 0) is 6.54 Å². The molecule has 2 heterocycles. The van der Waals surface area contributed by atoms with Gasteiger partial charge in [0.25, 0.3) is 5.56 Å². The smallest absolute Gasteiger partial charge is 0.294 e. The lowest BCUT2D eigenvalue weighted by Gasteiger charge is -2.14. The Kier molecular flexibility index (Phi) is 4.00. The van der Waals surface area contributed by atoms with Crippen molar-refractivity contribution < 1.29 is 13.2 Å². The summed E-state index contributed by atoms with van der Waals surface area (Å²) in [4.78, 5) is 19.4. The van der Waals surface area contributed by atoms with Gasteiger partial charge in [0.15, 0.2) is 0 Å². The molecule has 7 heteroatoms. The number of para-hydroxylation sites is 1. The molecule has 1 atom stereocenters. The van der Waals surface area contributed by atoms with Gasteiger partial charge in [0.05, 0.1) is 6.54 Å². The van der Waals surface area contributed by atoms with E-state index in [-0.39, 0.29) is 17.7 Å². The number of hydrogen-bond acceptors (Lipinski definition) is 4. The van der Waals surface area contributed by atoms with Gasteiger partial charge in [-0.1, -0.05) is 18.2 Å². The Hall–Kier alpha value is -3.06. The van der Waals surface area contributed by atoms with E-state index in [1.54, 1.807) is 13.0 Å². The fourth-order valence-corrected chi connectivity index (χ4v) is 2.94. The predicted octanol–water partition coefficient (Wildman–Crippen LogP) is 3.80. The highest BCUT2D eigenvalue weighted by atomic mass is 19.1. The van der Waals surface area contributed by atoms with Crippen molar-refractivity contribution in [3.63, 3.8) is 0 Å². The number of aromatic nitrogens is 2. The molecular weight excluding hydrogens is 340 g/mol. The number of benzene rings is 2. The standard InChI is InChI=1S/C19H15F2N3O2/c1-10(12-7-6-11(20)8-14(12)21)22-9-16-23-17-13-4-2-3-5-15(13)26-18(17)19(25)24-16/h2-8,10,22H,9H2,1H3,(H,23,24,25)/t10-/m0/s1. The molecule has 0 unspecified atom stereocenters. The van der Waals surface area contributed by atoms with Crippen molar-refractivity contribution in [1.82, 2.24) is 15.3 Å². The highest BCUT2D eigenvalue weighted by molar-refractivity contribution is 6.01. The molecule has 0 aliphatic carbocycles. The second-order valence-electron chi connectivity index (χ2n) is 6.06. The Morgan fingerprint density at radius 1 is 1.23 bits per heavy atom. The third-order valence-corrected chi connectivity index (χ3v) is 4.28. The Balaban J connectivity index is 1.63. The van der Waals surface area contributed by atoms with Crippen LogP contribution in [0.4, 0.5) is 8.78 Å². The van der Waals surface area contributed by atoms with Crippen molar-refractivity contribution in [3.05, 3.63) is 75.8 Å². The molecule has 0 saturated carbocycles. The molecule has 0 amide bonds. The zero-order valence-corrected chi connectivity index (χ0v) is 13.8. The molecule has 2 aromatic heterocycles. The van der Waals surface area contributed by atoms with Crippen LogP contribution in [0.5, 0.6) is 0 Å². The number of halogens is 2. The number of rotatable bonds is 4. The second-order valence-corrected chi connectivity index (χ2v) is 6.06. The molecule has 0 aliphatic heterocycles. The normalized spacial score (nSPS) is 12.7. The van der Waals surface area contributed by atoms with E-state index in [2.05, 4.69) is 15.3 Å². The lowest BCUT2D eigenvalue weighted by atomic mass is 10.1. The van der Waals surface area contributed by atoms with Gasteiger partial charge in [-0.2, -0.15) is 0 Å². The van der Waals surface area contributed by atoms with E-state index in [0.717, 1.165) is 11.5 Å². The maximum Gasteiger partial charge on any atom is 0.294 e. The van der Waals surface area contributed by atoms with Gasteiger partial charge in [0.2, 0.25) is 5.58 Å².